The second-order valence-electron chi connectivity index (χ2n) is 10.2. The highest BCUT2D eigenvalue weighted by molar-refractivity contribution is 5.97. The van der Waals surface area contributed by atoms with E-state index >= 15 is 0 Å². The molecule has 2 aliphatic rings. The van der Waals surface area contributed by atoms with Gasteiger partial charge in [-0.05, 0) is 54.9 Å². The van der Waals surface area contributed by atoms with Crippen LogP contribution in [0, 0.1) is 5.92 Å². The number of amides is 1. The largest absolute Gasteiger partial charge is 0.507 e. The van der Waals surface area contributed by atoms with E-state index in [9.17, 15) is 15.0 Å². The van der Waals surface area contributed by atoms with Gasteiger partial charge in [0.15, 0.2) is 0 Å². The van der Waals surface area contributed by atoms with Gasteiger partial charge in [-0.2, -0.15) is 0 Å². The molecule has 0 saturated heterocycles. The maximum atomic E-state index is 13.3. The number of hydrogen-bond donors (Lipinski definition) is 2. The number of ether oxygens (including phenoxy) is 1. The van der Waals surface area contributed by atoms with Crippen LogP contribution in [0.4, 0.5) is 0 Å². The number of nitrogens with zero attached hydrogens (tertiary/aromatic N) is 2. The Morgan fingerprint density at radius 1 is 1.14 bits per heavy atom. The summed E-state index contributed by atoms with van der Waals surface area (Å²) in [6, 6.07) is 13.4. The molecule has 0 radical (unpaired) electrons. The van der Waals surface area contributed by atoms with Crippen LogP contribution in [0.2, 0.25) is 0 Å². The van der Waals surface area contributed by atoms with Gasteiger partial charge in [0.05, 0.1) is 18.3 Å². The molecule has 0 spiro atoms. The number of β-amino-alcohol motifs (C(OH)–C–C–N with tert-alkyl or cyclic N) is 1. The van der Waals surface area contributed by atoms with Crippen LogP contribution < -0.4 is 4.74 Å². The van der Waals surface area contributed by atoms with Crippen molar-refractivity contribution in [2.45, 2.75) is 64.5 Å². The van der Waals surface area contributed by atoms with E-state index in [1.165, 1.54) is 43.2 Å². The normalized spacial score (nSPS) is 17.5. The first-order chi connectivity index (χ1) is 17.0. The molecule has 1 amide bonds. The Kier molecular flexibility index (Phi) is 9.05. The molecule has 1 atom stereocenters. The van der Waals surface area contributed by atoms with Crippen LogP contribution in [-0.2, 0) is 13.0 Å². The fourth-order valence-electron chi connectivity index (χ4n) is 5.39. The number of benzene rings is 2. The topological polar surface area (TPSA) is 73.2 Å². The van der Waals surface area contributed by atoms with Gasteiger partial charge in [0.2, 0.25) is 0 Å². The van der Waals surface area contributed by atoms with Crippen LogP contribution in [0.15, 0.2) is 42.5 Å². The maximum Gasteiger partial charge on any atom is 0.257 e. The molecule has 1 aliphatic heterocycles. The van der Waals surface area contributed by atoms with Crippen LogP contribution in [0.5, 0.6) is 11.5 Å². The van der Waals surface area contributed by atoms with Crippen molar-refractivity contribution in [3.05, 3.63) is 59.2 Å². The predicted molar refractivity (Wildman–Crippen MR) is 138 cm³/mol. The number of aromatic hydroxyl groups is 1. The van der Waals surface area contributed by atoms with Crippen molar-refractivity contribution in [2.75, 3.05) is 32.8 Å². The first kappa shape index (κ1) is 25.5. The molecule has 1 fully saturated rings. The molecule has 2 N–H and O–H groups in total. The third-order valence-corrected chi connectivity index (χ3v) is 7.30. The Morgan fingerprint density at radius 3 is 2.66 bits per heavy atom. The summed E-state index contributed by atoms with van der Waals surface area (Å²) in [5.74, 6) is 0.838. The lowest BCUT2D eigenvalue weighted by molar-refractivity contribution is 0.0505. The standard InChI is InChI=1S/C29H40N2O4/c1-2-15-31(20-25(32)19-30-16-14-23-10-6-7-11-24(23)18-30)29(34)27-13-12-26(17-28(27)33)35-21-22-8-4-3-5-9-22/h6-7,10-13,17,22,25,32-33H,2-5,8-9,14-16,18-21H2,1H3/t25-/m1/s1. The fourth-order valence-corrected chi connectivity index (χ4v) is 5.39. The summed E-state index contributed by atoms with van der Waals surface area (Å²) in [6.45, 7) is 5.67. The van der Waals surface area contributed by atoms with E-state index in [2.05, 4.69) is 29.2 Å². The number of carbonyl (C=O) groups excluding carboxylic acids is 1. The molecule has 2 aromatic carbocycles. The molecule has 2 aromatic rings. The minimum absolute atomic E-state index is 0.0700. The molecular weight excluding hydrogens is 440 g/mol. The van der Waals surface area contributed by atoms with E-state index in [4.69, 9.17) is 4.74 Å². The van der Waals surface area contributed by atoms with Gasteiger partial charge in [-0.15, -0.1) is 0 Å². The first-order valence-corrected chi connectivity index (χ1v) is 13.3. The summed E-state index contributed by atoms with van der Waals surface area (Å²) >= 11 is 0. The molecule has 0 bridgehead atoms. The highest BCUT2D eigenvalue weighted by Gasteiger charge is 2.24. The van der Waals surface area contributed by atoms with Crippen LogP contribution in [0.3, 0.4) is 0 Å². The molecule has 1 heterocycles. The van der Waals surface area contributed by atoms with E-state index in [0.29, 0.717) is 31.4 Å². The van der Waals surface area contributed by atoms with Gasteiger partial charge in [0, 0.05) is 38.8 Å². The van der Waals surface area contributed by atoms with Gasteiger partial charge in [-0.1, -0.05) is 50.5 Å². The van der Waals surface area contributed by atoms with Crippen LogP contribution >= 0.6 is 0 Å². The summed E-state index contributed by atoms with van der Waals surface area (Å²) in [6.07, 6.45) is 7.32. The summed E-state index contributed by atoms with van der Waals surface area (Å²) in [5, 5.41) is 21.4. The second-order valence-corrected chi connectivity index (χ2v) is 10.2. The van der Waals surface area contributed by atoms with Crippen LogP contribution in [0.1, 0.15) is 66.9 Å². The summed E-state index contributed by atoms with van der Waals surface area (Å²) in [7, 11) is 0. The molecule has 6 nitrogen and oxygen atoms in total. The van der Waals surface area contributed by atoms with Crippen molar-refractivity contribution in [1.82, 2.24) is 9.80 Å². The van der Waals surface area contributed by atoms with Gasteiger partial charge >= 0.3 is 0 Å². The second kappa shape index (κ2) is 12.4. The van der Waals surface area contributed by atoms with Crippen LogP contribution in [-0.4, -0.2) is 64.8 Å². The monoisotopic (exact) mass is 480 g/mol. The summed E-state index contributed by atoms with van der Waals surface area (Å²) in [5.41, 5.74) is 2.94. The minimum Gasteiger partial charge on any atom is -0.507 e. The number of aliphatic hydroxyl groups excluding tert-OH is 1. The number of hydrogen-bond acceptors (Lipinski definition) is 5. The molecule has 4 rings (SSSR count). The highest BCUT2D eigenvalue weighted by Crippen LogP contribution is 2.28. The fraction of sp³-hybridized carbons (Fsp3) is 0.552. The zero-order chi connectivity index (χ0) is 24.6. The Labute approximate surface area is 209 Å². The van der Waals surface area contributed by atoms with Gasteiger partial charge < -0.3 is 19.8 Å². The predicted octanol–water partition coefficient (Wildman–Crippen LogP) is 4.62. The lowest BCUT2D eigenvalue weighted by atomic mass is 9.90. The Hall–Kier alpha value is -2.57. The smallest absolute Gasteiger partial charge is 0.257 e. The van der Waals surface area contributed by atoms with Gasteiger partial charge in [0.25, 0.3) is 5.91 Å². The molecule has 1 saturated carbocycles. The van der Waals surface area contributed by atoms with Crippen molar-refractivity contribution >= 4 is 5.91 Å². The van der Waals surface area contributed by atoms with Crippen molar-refractivity contribution in [1.29, 1.82) is 0 Å². The number of carbonyl (C=O) groups is 1. The average molecular weight is 481 g/mol. The summed E-state index contributed by atoms with van der Waals surface area (Å²) < 4.78 is 5.91. The molecular formula is C29H40N2O4. The first-order valence-electron chi connectivity index (χ1n) is 13.3. The third-order valence-electron chi connectivity index (χ3n) is 7.30. The van der Waals surface area contributed by atoms with Crippen molar-refractivity contribution in [2.24, 2.45) is 5.92 Å². The van der Waals surface area contributed by atoms with Gasteiger partial charge in [-0.25, -0.2) is 0 Å². The van der Waals surface area contributed by atoms with Gasteiger partial charge in [0.1, 0.15) is 11.5 Å². The number of rotatable bonds is 10. The molecule has 1 aliphatic carbocycles. The number of phenolic OH excluding ortho intramolecular Hbond substituents is 1. The van der Waals surface area contributed by atoms with E-state index in [-0.39, 0.29) is 23.8 Å². The lowest BCUT2D eigenvalue weighted by Crippen LogP contribution is -2.44. The Morgan fingerprint density at radius 2 is 1.91 bits per heavy atom. The molecule has 6 heteroatoms. The maximum absolute atomic E-state index is 13.3. The highest BCUT2D eigenvalue weighted by atomic mass is 16.5. The van der Waals surface area contributed by atoms with E-state index in [1.807, 2.05) is 6.92 Å². The van der Waals surface area contributed by atoms with Crippen molar-refractivity contribution < 1.29 is 19.7 Å². The molecule has 0 unspecified atom stereocenters. The third kappa shape index (κ3) is 6.98. The van der Waals surface area contributed by atoms with Gasteiger partial charge in [-0.3, -0.25) is 9.69 Å². The lowest BCUT2D eigenvalue weighted by Gasteiger charge is -2.32. The summed E-state index contributed by atoms with van der Waals surface area (Å²) in [4.78, 5) is 17.2. The number of fused-ring (bicyclic) bond motifs is 1. The van der Waals surface area contributed by atoms with Crippen molar-refractivity contribution in [3.8, 4) is 11.5 Å². The number of phenols is 1. The Bertz CT molecular complexity index is 973. The molecule has 35 heavy (non-hydrogen) atoms. The van der Waals surface area contributed by atoms with Crippen molar-refractivity contribution in [3.63, 3.8) is 0 Å². The SMILES string of the molecule is CCCN(C[C@H](O)CN1CCc2ccccc2C1)C(=O)c1ccc(OCC2CCCCC2)cc1O. The zero-order valence-electron chi connectivity index (χ0n) is 21.0. The zero-order valence-corrected chi connectivity index (χ0v) is 21.0. The average Bonchev–Trinajstić information content (AvgIpc) is 2.87. The van der Waals surface area contributed by atoms with E-state index < -0.39 is 6.10 Å². The van der Waals surface area contributed by atoms with E-state index in [1.54, 1.807) is 23.1 Å². The minimum atomic E-state index is -0.656. The van der Waals surface area contributed by atoms with E-state index in [0.717, 1.165) is 25.9 Å². The molecule has 190 valence electrons. The van der Waals surface area contributed by atoms with Crippen LogP contribution in [0.25, 0.3) is 0 Å². The molecule has 0 aromatic heterocycles. The quantitative estimate of drug-likeness (QED) is 0.519. The Balaban J connectivity index is 1.33. The number of aliphatic hydroxyl groups is 1.